The van der Waals surface area contributed by atoms with Crippen molar-refractivity contribution in [3.63, 3.8) is 0 Å². The molecule has 0 aliphatic carbocycles. The number of halogens is 1. The second-order valence-corrected chi connectivity index (χ2v) is 3.50. The van der Waals surface area contributed by atoms with Gasteiger partial charge in [0.2, 0.25) is 0 Å². The summed E-state index contributed by atoms with van der Waals surface area (Å²) in [4.78, 5) is 10.9. The van der Waals surface area contributed by atoms with Crippen LogP contribution in [-0.2, 0) is 0 Å². The van der Waals surface area contributed by atoms with E-state index >= 15 is 0 Å². The maximum atomic E-state index is 13.5. The summed E-state index contributed by atoms with van der Waals surface area (Å²) in [6.07, 6.45) is 0.578. The van der Waals surface area contributed by atoms with Gasteiger partial charge in [0, 0.05) is 4.90 Å². The molecular weight excluding hydrogens is 215 g/mol. The van der Waals surface area contributed by atoms with Crippen molar-refractivity contribution in [2.75, 3.05) is 0 Å². The quantitative estimate of drug-likeness (QED) is 0.624. The molecule has 1 aromatic carbocycles. The molecule has 76 valence electrons. The number of rotatable bonds is 2. The molecule has 0 fully saturated rings. The number of aldehydes is 1. The van der Waals surface area contributed by atoms with Crippen LogP contribution in [0.25, 0.3) is 11.3 Å². The molecule has 0 atom stereocenters. The molecule has 0 aliphatic heterocycles. The number of hydrogen-bond donors (Lipinski definition) is 1. The van der Waals surface area contributed by atoms with E-state index in [-0.39, 0.29) is 5.76 Å². The Morgan fingerprint density at radius 1 is 1.27 bits per heavy atom. The van der Waals surface area contributed by atoms with Crippen LogP contribution in [0.4, 0.5) is 4.39 Å². The molecule has 0 saturated carbocycles. The maximum absolute atomic E-state index is 13.5. The summed E-state index contributed by atoms with van der Waals surface area (Å²) in [6, 6.07) is 7.56. The number of carbonyl (C=O) groups excluding carboxylic acids is 1. The van der Waals surface area contributed by atoms with Gasteiger partial charge in [-0.1, -0.05) is 0 Å². The van der Waals surface area contributed by atoms with E-state index in [1.807, 2.05) is 0 Å². The lowest BCUT2D eigenvalue weighted by atomic mass is 10.1. The summed E-state index contributed by atoms with van der Waals surface area (Å²) in [7, 11) is 0. The monoisotopic (exact) mass is 222 g/mol. The number of thiol groups is 1. The minimum absolute atomic E-state index is 0.180. The fraction of sp³-hybridized carbons (Fsp3) is 0. The third-order valence-corrected chi connectivity index (χ3v) is 2.24. The second-order valence-electron chi connectivity index (χ2n) is 2.98. The molecule has 0 aliphatic rings. The molecule has 0 saturated heterocycles. The Morgan fingerprint density at radius 3 is 2.67 bits per heavy atom. The van der Waals surface area contributed by atoms with Gasteiger partial charge in [0.15, 0.2) is 12.0 Å². The third kappa shape index (κ3) is 1.94. The predicted octanol–water partition coefficient (Wildman–Crippen LogP) is 3.19. The van der Waals surface area contributed by atoms with Crippen LogP contribution in [0.3, 0.4) is 0 Å². The van der Waals surface area contributed by atoms with Gasteiger partial charge in [-0.3, -0.25) is 4.79 Å². The molecule has 0 radical (unpaired) electrons. The average molecular weight is 222 g/mol. The lowest BCUT2D eigenvalue weighted by molar-refractivity contribution is 0.110. The molecule has 2 rings (SSSR count). The Bertz CT molecular complexity index is 505. The van der Waals surface area contributed by atoms with E-state index < -0.39 is 5.82 Å². The van der Waals surface area contributed by atoms with E-state index in [4.69, 9.17) is 4.42 Å². The largest absolute Gasteiger partial charge is 0.453 e. The van der Waals surface area contributed by atoms with Gasteiger partial charge in [0.05, 0.1) is 5.56 Å². The molecule has 0 spiro atoms. The Labute approximate surface area is 91.1 Å². The predicted molar refractivity (Wildman–Crippen MR) is 56.7 cm³/mol. The first-order chi connectivity index (χ1) is 7.20. The zero-order chi connectivity index (χ0) is 10.8. The van der Waals surface area contributed by atoms with E-state index in [9.17, 15) is 9.18 Å². The van der Waals surface area contributed by atoms with Crippen molar-refractivity contribution in [3.8, 4) is 11.3 Å². The van der Waals surface area contributed by atoms with Crippen LogP contribution in [0, 0.1) is 5.82 Å². The van der Waals surface area contributed by atoms with E-state index in [1.54, 1.807) is 18.2 Å². The third-order valence-electron chi connectivity index (χ3n) is 1.96. The van der Waals surface area contributed by atoms with Crippen LogP contribution in [0.1, 0.15) is 10.6 Å². The first-order valence-electron chi connectivity index (χ1n) is 4.24. The van der Waals surface area contributed by atoms with Crippen LogP contribution >= 0.6 is 12.6 Å². The zero-order valence-corrected chi connectivity index (χ0v) is 8.50. The summed E-state index contributed by atoms with van der Waals surface area (Å²) in [6.45, 7) is 0. The highest BCUT2D eigenvalue weighted by atomic mass is 32.1. The SMILES string of the molecule is O=Cc1ccc(-c2ccc(S)cc2F)o1. The summed E-state index contributed by atoms with van der Waals surface area (Å²) in [5.41, 5.74) is 0.320. The molecule has 15 heavy (non-hydrogen) atoms. The van der Waals surface area contributed by atoms with Gasteiger partial charge in [-0.05, 0) is 30.3 Å². The van der Waals surface area contributed by atoms with Crippen molar-refractivity contribution in [2.24, 2.45) is 0 Å². The Hall–Kier alpha value is -1.55. The highest BCUT2D eigenvalue weighted by Gasteiger charge is 2.09. The van der Waals surface area contributed by atoms with Gasteiger partial charge < -0.3 is 4.42 Å². The topological polar surface area (TPSA) is 30.2 Å². The van der Waals surface area contributed by atoms with Crippen molar-refractivity contribution in [1.82, 2.24) is 0 Å². The van der Waals surface area contributed by atoms with Gasteiger partial charge in [0.25, 0.3) is 0 Å². The molecule has 2 aromatic rings. The molecule has 0 bridgehead atoms. The average Bonchev–Trinajstić information content (AvgIpc) is 2.66. The van der Waals surface area contributed by atoms with Gasteiger partial charge in [-0.2, -0.15) is 0 Å². The molecular formula is C11H7FO2S. The van der Waals surface area contributed by atoms with Crippen LogP contribution in [0.2, 0.25) is 0 Å². The first kappa shape index (κ1) is 9.98. The minimum Gasteiger partial charge on any atom is -0.453 e. The molecule has 0 amide bonds. The molecule has 0 unspecified atom stereocenters. The fourth-order valence-corrected chi connectivity index (χ4v) is 1.45. The summed E-state index contributed by atoms with van der Waals surface area (Å²) >= 11 is 4.01. The Balaban J connectivity index is 2.49. The van der Waals surface area contributed by atoms with Gasteiger partial charge >= 0.3 is 0 Å². The van der Waals surface area contributed by atoms with E-state index in [2.05, 4.69) is 12.6 Å². The number of hydrogen-bond acceptors (Lipinski definition) is 3. The fourth-order valence-electron chi connectivity index (χ4n) is 1.26. The molecule has 1 heterocycles. The molecule has 0 N–H and O–H groups in total. The van der Waals surface area contributed by atoms with Crippen molar-refractivity contribution >= 4 is 18.9 Å². The van der Waals surface area contributed by atoms with Crippen molar-refractivity contribution < 1.29 is 13.6 Å². The van der Waals surface area contributed by atoms with E-state index in [0.717, 1.165) is 0 Å². The van der Waals surface area contributed by atoms with Crippen LogP contribution in [0.5, 0.6) is 0 Å². The highest BCUT2D eigenvalue weighted by Crippen LogP contribution is 2.26. The number of benzene rings is 1. The van der Waals surface area contributed by atoms with Crippen LogP contribution < -0.4 is 0 Å². The second kappa shape index (κ2) is 3.90. The zero-order valence-electron chi connectivity index (χ0n) is 7.61. The normalized spacial score (nSPS) is 10.3. The Morgan fingerprint density at radius 2 is 2.07 bits per heavy atom. The van der Waals surface area contributed by atoms with E-state index in [1.165, 1.54) is 12.1 Å². The van der Waals surface area contributed by atoms with Gasteiger partial charge in [0.1, 0.15) is 11.6 Å². The number of carbonyl (C=O) groups is 1. The first-order valence-corrected chi connectivity index (χ1v) is 4.69. The summed E-state index contributed by atoms with van der Waals surface area (Å²) in [5, 5.41) is 0. The van der Waals surface area contributed by atoms with Gasteiger partial charge in [-0.25, -0.2) is 4.39 Å². The lowest BCUT2D eigenvalue weighted by Crippen LogP contribution is -1.82. The van der Waals surface area contributed by atoms with E-state index in [0.29, 0.717) is 22.5 Å². The summed E-state index contributed by atoms with van der Waals surface area (Å²) in [5.74, 6) is 0.0941. The molecule has 2 nitrogen and oxygen atoms in total. The Kier molecular flexibility index (Phi) is 2.60. The van der Waals surface area contributed by atoms with Crippen LogP contribution in [-0.4, -0.2) is 6.29 Å². The highest BCUT2D eigenvalue weighted by molar-refractivity contribution is 7.80. The van der Waals surface area contributed by atoms with Crippen molar-refractivity contribution in [1.29, 1.82) is 0 Å². The molecule has 1 aromatic heterocycles. The maximum Gasteiger partial charge on any atom is 0.185 e. The van der Waals surface area contributed by atoms with Crippen molar-refractivity contribution in [2.45, 2.75) is 4.90 Å². The number of furan rings is 1. The minimum atomic E-state index is -0.422. The molecule has 4 heteroatoms. The summed E-state index contributed by atoms with van der Waals surface area (Å²) < 4.78 is 18.6. The van der Waals surface area contributed by atoms with Gasteiger partial charge in [-0.15, -0.1) is 12.6 Å². The smallest absolute Gasteiger partial charge is 0.185 e. The van der Waals surface area contributed by atoms with Crippen molar-refractivity contribution in [3.05, 3.63) is 41.9 Å². The standard InChI is InChI=1S/C11H7FO2S/c12-10-5-8(15)2-3-9(10)11-4-1-7(6-13)14-11/h1-6,15H. The lowest BCUT2D eigenvalue weighted by Gasteiger charge is -1.99. The van der Waals surface area contributed by atoms with Crippen LogP contribution in [0.15, 0.2) is 39.6 Å².